The Kier molecular flexibility index (Phi) is 3.70. The van der Waals surface area contributed by atoms with Crippen LogP contribution < -0.4 is 5.32 Å². The van der Waals surface area contributed by atoms with Crippen molar-refractivity contribution in [3.63, 3.8) is 0 Å². The molecule has 0 aromatic carbocycles. The normalized spacial score (nSPS) is 12.0. The van der Waals surface area contributed by atoms with Crippen molar-refractivity contribution >= 4 is 27.3 Å². The molecule has 17 heavy (non-hydrogen) atoms. The third-order valence-corrected chi connectivity index (χ3v) is 3.93. The molecule has 3 nitrogen and oxygen atoms in total. The Balaban J connectivity index is 2.17. The molecule has 0 radical (unpaired) electrons. The van der Waals surface area contributed by atoms with Crippen LogP contribution in [0.3, 0.4) is 0 Å². The Hall–Kier alpha value is -0.650. The van der Waals surface area contributed by atoms with Gasteiger partial charge in [-0.15, -0.1) is 11.3 Å². The van der Waals surface area contributed by atoms with E-state index in [0.717, 1.165) is 27.2 Å². The standard InChI is InChI=1S/C12H15BrN2OS/c1-12(2,3)14-5-8-6-15-16-11(8)10-4-9(13)7-17-10/h4,6-7,14H,5H2,1-3H3. The molecule has 92 valence electrons. The van der Waals surface area contributed by atoms with Crippen molar-refractivity contribution in [2.75, 3.05) is 0 Å². The summed E-state index contributed by atoms with van der Waals surface area (Å²) in [5.41, 5.74) is 1.18. The molecule has 0 spiro atoms. The zero-order valence-corrected chi connectivity index (χ0v) is 12.5. The van der Waals surface area contributed by atoms with E-state index in [-0.39, 0.29) is 5.54 Å². The molecule has 0 saturated heterocycles. The average Bonchev–Trinajstić information content (AvgIpc) is 2.81. The van der Waals surface area contributed by atoms with Crippen molar-refractivity contribution in [3.05, 3.63) is 27.7 Å². The van der Waals surface area contributed by atoms with Crippen LogP contribution in [-0.4, -0.2) is 10.7 Å². The van der Waals surface area contributed by atoms with E-state index in [9.17, 15) is 0 Å². The number of halogens is 1. The number of hydrogen-bond acceptors (Lipinski definition) is 4. The number of rotatable bonds is 3. The van der Waals surface area contributed by atoms with Crippen molar-refractivity contribution in [2.24, 2.45) is 0 Å². The van der Waals surface area contributed by atoms with Gasteiger partial charge in [-0.25, -0.2) is 0 Å². The molecular weight excluding hydrogens is 300 g/mol. The predicted molar refractivity (Wildman–Crippen MR) is 74.1 cm³/mol. The average molecular weight is 315 g/mol. The zero-order valence-electron chi connectivity index (χ0n) is 10.1. The van der Waals surface area contributed by atoms with Gasteiger partial charge in [-0.2, -0.15) is 0 Å². The lowest BCUT2D eigenvalue weighted by molar-refractivity contribution is 0.419. The fraction of sp³-hybridized carbons (Fsp3) is 0.417. The first kappa shape index (κ1) is 12.8. The molecular formula is C12H15BrN2OS. The van der Waals surface area contributed by atoms with E-state index in [4.69, 9.17) is 4.52 Å². The summed E-state index contributed by atoms with van der Waals surface area (Å²) in [7, 11) is 0. The molecule has 0 aliphatic carbocycles. The van der Waals surface area contributed by atoms with Gasteiger partial charge < -0.3 is 9.84 Å². The lowest BCUT2D eigenvalue weighted by Gasteiger charge is -2.19. The van der Waals surface area contributed by atoms with Crippen molar-refractivity contribution < 1.29 is 4.52 Å². The van der Waals surface area contributed by atoms with Gasteiger partial charge in [0.1, 0.15) is 0 Å². The van der Waals surface area contributed by atoms with Crippen molar-refractivity contribution in [3.8, 4) is 10.6 Å². The number of thiophene rings is 1. The van der Waals surface area contributed by atoms with E-state index in [1.807, 2.05) is 11.4 Å². The summed E-state index contributed by atoms with van der Waals surface area (Å²) in [6, 6.07) is 2.05. The third-order valence-electron chi connectivity index (χ3n) is 2.24. The van der Waals surface area contributed by atoms with Crippen LogP contribution in [0.15, 0.2) is 26.6 Å². The Bertz CT molecular complexity index is 499. The minimum atomic E-state index is 0.0879. The molecule has 0 aliphatic rings. The van der Waals surface area contributed by atoms with Crippen LogP contribution in [0.4, 0.5) is 0 Å². The first-order valence-electron chi connectivity index (χ1n) is 5.39. The molecule has 0 saturated carbocycles. The fourth-order valence-electron chi connectivity index (χ4n) is 1.38. The maximum Gasteiger partial charge on any atom is 0.181 e. The van der Waals surface area contributed by atoms with Crippen molar-refractivity contribution in [2.45, 2.75) is 32.9 Å². The molecule has 1 N–H and O–H groups in total. The van der Waals surface area contributed by atoms with Gasteiger partial charge in [0.2, 0.25) is 0 Å². The van der Waals surface area contributed by atoms with Crippen molar-refractivity contribution in [1.82, 2.24) is 10.5 Å². The lowest BCUT2D eigenvalue weighted by atomic mass is 10.1. The van der Waals surface area contributed by atoms with Gasteiger partial charge in [0.05, 0.1) is 11.1 Å². The highest BCUT2D eigenvalue weighted by atomic mass is 79.9. The molecule has 0 unspecified atom stereocenters. The molecule has 0 bridgehead atoms. The van der Waals surface area contributed by atoms with Crippen LogP contribution in [0.2, 0.25) is 0 Å². The minimum absolute atomic E-state index is 0.0879. The second kappa shape index (κ2) is 4.92. The monoisotopic (exact) mass is 314 g/mol. The quantitative estimate of drug-likeness (QED) is 0.928. The number of aromatic nitrogens is 1. The second-order valence-electron chi connectivity index (χ2n) is 4.91. The summed E-state index contributed by atoms with van der Waals surface area (Å²) in [6.07, 6.45) is 1.78. The Morgan fingerprint density at radius 1 is 1.47 bits per heavy atom. The van der Waals surface area contributed by atoms with Gasteiger partial charge in [0.15, 0.2) is 5.76 Å². The highest BCUT2D eigenvalue weighted by molar-refractivity contribution is 9.10. The summed E-state index contributed by atoms with van der Waals surface area (Å²) < 4.78 is 6.40. The molecule has 0 amide bonds. The number of hydrogen-bond donors (Lipinski definition) is 1. The van der Waals surface area contributed by atoms with E-state index in [1.54, 1.807) is 17.5 Å². The van der Waals surface area contributed by atoms with E-state index in [1.165, 1.54) is 0 Å². The molecule has 2 aromatic rings. The van der Waals surface area contributed by atoms with Gasteiger partial charge in [-0.05, 0) is 42.8 Å². The van der Waals surface area contributed by atoms with Crippen molar-refractivity contribution in [1.29, 1.82) is 0 Å². The van der Waals surface area contributed by atoms with Gasteiger partial charge >= 0.3 is 0 Å². The Morgan fingerprint density at radius 3 is 2.82 bits per heavy atom. The van der Waals surface area contributed by atoms with Crippen LogP contribution >= 0.6 is 27.3 Å². The van der Waals surface area contributed by atoms with Crippen LogP contribution in [0.25, 0.3) is 10.6 Å². The molecule has 5 heteroatoms. The topological polar surface area (TPSA) is 38.1 Å². The predicted octanol–water partition coefficient (Wildman–Crippen LogP) is 4.05. The van der Waals surface area contributed by atoms with E-state index < -0.39 is 0 Å². The van der Waals surface area contributed by atoms with Gasteiger partial charge in [0.25, 0.3) is 0 Å². The molecule has 2 heterocycles. The summed E-state index contributed by atoms with van der Waals surface area (Å²) in [4.78, 5) is 1.10. The summed E-state index contributed by atoms with van der Waals surface area (Å²) in [6.45, 7) is 7.18. The maximum atomic E-state index is 5.33. The van der Waals surface area contributed by atoms with Gasteiger partial charge in [-0.3, -0.25) is 0 Å². The van der Waals surface area contributed by atoms with Gasteiger partial charge in [0, 0.05) is 27.5 Å². The largest absolute Gasteiger partial charge is 0.355 e. The van der Waals surface area contributed by atoms with Gasteiger partial charge in [-0.1, -0.05) is 5.16 Å². The number of nitrogens with one attached hydrogen (secondary N) is 1. The number of nitrogens with zero attached hydrogens (tertiary/aromatic N) is 1. The first-order chi connectivity index (χ1) is 7.96. The molecule has 0 aliphatic heterocycles. The molecule has 0 atom stereocenters. The van der Waals surface area contributed by atoms with E-state index in [0.29, 0.717) is 0 Å². The van der Waals surface area contributed by atoms with Crippen LogP contribution in [0.1, 0.15) is 26.3 Å². The fourth-order valence-corrected chi connectivity index (χ4v) is 2.82. The summed E-state index contributed by atoms with van der Waals surface area (Å²) >= 11 is 5.09. The highest BCUT2D eigenvalue weighted by Crippen LogP contribution is 2.32. The first-order valence-corrected chi connectivity index (χ1v) is 7.06. The summed E-state index contributed by atoms with van der Waals surface area (Å²) in [5, 5.41) is 9.36. The lowest BCUT2D eigenvalue weighted by Crippen LogP contribution is -2.35. The minimum Gasteiger partial charge on any atom is -0.355 e. The second-order valence-corrected chi connectivity index (χ2v) is 6.74. The zero-order chi connectivity index (χ0) is 12.5. The van der Waals surface area contributed by atoms with E-state index in [2.05, 4.69) is 47.2 Å². The Morgan fingerprint density at radius 2 is 2.24 bits per heavy atom. The van der Waals surface area contributed by atoms with Crippen LogP contribution in [-0.2, 0) is 6.54 Å². The van der Waals surface area contributed by atoms with E-state index >= 15 is 0 Å². The van der Waals surface area contributed by atoms with Crippen LogP contribution in [0.5, 0.6) is 0 Å². The molecule has 0 fully saturated rings. The SMILES string of the molecule is CC(C)(C)NCc1cnoc1-c1cc(Br)cs1. The summed E-state index contributed by atoms with van der Waals surface area (Å²) in [5.74, 6) is 0.859. The smallest absolute Gasteiger partial charge is 0.181 e. The molecule has 2 aromatic heterocycles. The molecule has 2 rings (SSSR count). The van der Waals surface area contributed by atoms with Crippen LogP contribution in [0, 0.1) is 0 Å². The third kappa shape index (κ3) is 3.40. The maximum absolute atomic E-state index is 5.33. The Labute approximate surface area is 113 Å². The highest BCUT2D eigenvalue weighted by Gasteiger charge is 2.15.